The predicted molar refractivity (Wildman–Crippen MR) is 57.4 cm³/mol. The molecule has 1 heteroatoms. The lowest BCUT2D eigenvalue weighted by molar-refractivity contribution is 0.686. The van der Waals surface area contributed by atoms with E-state index in [4.69, 9.17) is 0 Å². The third-order valence-electron chi connectivity index (χ3n) is 2.35. The highest BCUT2D eigenvalue weighted by Gasteiger charge is 2.38. The highest BCUT2D eigenvalue weighted by Crippen LogP contribution is 2.50. The van der Waals surface area contributed by atoms with Crippen LogP contribution in [0, 0.1) is 5.41 Å². The molecule has 68 valence electrons. The second kappa shape index (κ2) is 3.81. The van der Waals surface area contributed by atoms with E-state index in [-0.39, 0.29) is 0 Å². The van der Waals surface area contributed by atoms with Crippen molar-refractivity contribution in [3.8, 4) is 0 Å². The van der Waals surface area contributed by atoms with Crippen molar-refractivity contribution in [2.45, 2.75) is 46.5 Å². The lowest BCUT2D eigenvalue weighted by Gasteiger charge is -1.93. The monoisotopic (exact) mass is 228 g/mol. The minimum atomic E-state index is 0.450. The molecule has 1 saturated carbocycles. The molecule has 0 N–H and O–H groups in total. The standard InChI is InChI=1S/C11H17Br/c1-4-5-6-10(12)7-9-8-11(9,2)3/h4-6,8H2,1-3H3. The molecule has 0 saturated heterocycles. The minimum absolute atomic E-state index is 0.450. The van der Waals surface area contributed by atoms with E-state index in [2.05, 4.69) is 42.4 Å². The second-order valence-corrected chi connectivity index (χ2v) is 5.13. The lowest BCUT2D eigenvalue weighted by atomic mass is 10.2. The molecular formula is C11H17Br. The minimum Gasteiger partial charge on any atom is -0.110 e. The molecule has 1 fully saturated rings. The van der Waals surface area contributed by atoms with E-state index in [0.717, 1.165) is 6.42 Å². The van der Waals surface area contributed by atoms with E-state index in [1.54, 1.807) is 0 Å². The maximum atomic E-state index is 3.56. The molecule has 0 spiro atoms. The molecule has 0 aliphatic heterocycles. The van der Waals surface area contributed by atoms with Gasteiger partial charge >= 0.3 is 0 Å². The predicted octanol–water partition coefficient (Wildman–Crippen LogP) is 4.41. The van der Waals surface area contributed by atoms with Gasteiger partial charge in [-0.15, -0.1) is 5.73 Å². The van der Waals surface area contributed by atoms with Crippen LogP contribution in [0.25, 0.3) is 0 Å². The summed E-state index contributed by atoms with van der Waals surface area (Å²) in [5.74, 6) is 0. The van der Waals surface area contributed by atoms with E-state index >= 15 is 0 Å². The Morgan fingerprint density at radius 2 is 2.17 bits per heavy atom. The quantitative estimate of drug-likeness (QED) is 0.629. The highest BCUT2D eigenvalue weighted by molar-refractivity contribution is 9.11. The van der Waals surface area contributed by atoms with E-state index in [0.29, 0.717) is 5.41 Å². The van der Waals surface area contributed by atoms with Gasteiger partial charge in [-0.05, 0) is 46.2 Å². The molecule has 1 aliphatic rings. The molecule has 0 unspecified atom stereocenters. The van der Waals surface area contributed by atoms with Gasteiger partial charge in [0.05, 0.1) is 0 Å². The molecular weight excluding hydrogens is 212 g/mol. The van der Waals surface area contributed by atoms with Gasteiger partial charge in [0.15, 0.2) is 0 Å². The summed E-state index contributed by atoms with van der Waals surface area (Å²) >= 11 is 3.56. The van der Waals surface area contributed by atoms with Crippen molar-refractivity contribution >= 4 is 15.9 Å². The van der Waals surface area contributed by atoms with Crippen molar-refractivity contribution in [1.82, 2.24) is 0 Å². The molecule has 0 nitrogen and oxygen atoms in total. The smallest absolute Gasteiger partial charge is 0.0368 e. The number of unbranched alkanes of at least 4 members (excludes halogenated alkanes) is 1. The zero-order valence-electron chi connectivity index (χ0n) is 8.21. The Morgan fingerprint density at radius 3 is 2.58 bits per heavy atom. The summed E-state index contributed by atoms with van der Waals surface area (Å²) < 4.78 is 1.25. The first-order chi connectivity index (χ1) is 5.56. The maximum absolute atomic E-state index is 3.56. The summed E-state index contributed by atoms with van der Waals surface area (Å²) in [5, 5.41) is 0. The molecule has 12 heavy (non-hydrogen) atoms. The molecule has 1 aliphatic carbocycles. The van der Waals surface area contributed by atoms with Crippen LogP contribution in [0.4, 0.5) is 0 Å². The second-order valence-electron chi connectivity index (χ2n) is 4.17. The summed E-state index contributed by atoms with van der Waals surface area (Å²) in [7, 11) is 0. The first kappa shape index (κ1) is 10.1. The van der Waals surface area contributed by atoms with Crippen molar-refractivity contribution in [2.24, 2.45) is 5.41 Å². The number of hydrogen-bond donors (Lipinski definition) is 0. The molecule has 0 heterocycles. The molecule has 0 aromatic rings. The fourth-order valence-electron chi connectivity index (χ4n) is 1.17. The summed E-state index contributed by atoms with van der Waals surface area (Å²) in [6.45, 7) is 6.76. The Balaban J connectivity index is 2.52. The third kappa shape index (κ3) is 2.80. The van der Waals surface area contributed by atoms with Crippen molar-refractivity contribution in [3.05, 3.63) is 15.8 Å². The molecule has 0 amide bonds. The molecule has 0 aromatic carbocycles. The summed E-state index contributed by atoms with van der Waals surface area (Å²) in [6.07, 6.45) is 4.90. The van der Waals surface area contributed by atoms with Crippen LogP contribution in [0.2, 0.25) is 0 Å². The highest BCUT2D eigenvalue weighted by atomic mass is 79.9. The topological polar surface area (TPSA) is 0 Å². The van der Waals surface area contributed by atoms with Gasteiger partial charge in [-0.3, -0.25) is 0 Å². The molecule has 0 atom stereocenters. The van der Waals surface area contributed by atoms with Crippen molar-refractivity contribution < 1.29 is 0 Å². The van der Waals surface area contributed by atoms with Gasteiger partial charge in [-0.2, -0.15) is 0 Å². The Hall–Kier alpha value is -0.0000000000000000278. The van der Waals surface area contributed by atoms with Crippen LogP contribution in [0.1, 0.15) is 46.5 Å². The Morgan fingerprint density at radius 1 is 1.58 bits per heavy atom. The Labute approximate surface area is 83.9 Å². The Kier molecular flexibility index (Phi) is 3.20. The average molecular weight is 229 g/mol. The van der Waals surface area contributed by atoms with Crippen LogP contribution in [0.15, 0.2) is 15.8 Å². The number of halogens is 1. The largest absolute Gasteiger partial charge is 0.110 e. The third-order valence-corrected chi connectivity index (χ3v) is 2.94. The van der Waals surface area contributed by atoms with E-state index in [1.807, 2.05) is 0 Å². The van der Waals surface area contributed by atoms with E-state index in [1.165, 1.54) is 29.3 Å². The lowest BCUT2D eigenvalue weighted by Crippen LogP contribution is -1.79. The fraction of sp³-hybridized carbons (Fsp3) is 0.727. The van der Waals surface area contributed by atoms with Crippen LogP contribution in [0.3, 0.4) is 0 Å². The SMILES string of the molecule is CCCCC(Br)=C=C1CC1(C)C. The summed E-state index contributed by atoms with van der Waals surface area (Å²) in [6, 6.07) is 0. The van der Waals surface area contributed by atoms with Crippen LogP contribution >= 0.6 is 15.9 Å². The first-order valence-electron chi connectivity index (χ1n) is 4.71. The van der Waals surface area contributed by atoms with E-state index < -0.39 is 0 Å². The summed E-state index contributed by atoms with van der Waals surface area (Å²) in [4.78, 5) is 0. The Bertz CT molecular complexity index is 229. The van der Waals surface area contributed by atoms with Crippen molar-refractivity contribution in [3.63, 3.8) is 0 Å². The van der Waals surface area contributed by atoms with E-state index in [9.17, 15) is 0 Å². The van der Waals surface area contributed by atoms with Crippen molar-refractivity contribution in [2.75, 3.05) is 0 Å². The fourth-order valence-corrected chi connectivity index (χ4v) is 1.69. The molecule has 0 bridgehead atoms. The van der Waals surface area contributed by atoms with Gasteiger partial charge in [-0.25, -0.2) is 0 Å². The van der Waals surface area contributed by atoms with Crippen LogP contribution in [-0.2, 0) is 0 Å². The molecule has 0 aromatic heterocycles. The summed E-state index contributed by atoms with van der Waals surface area (Å²) in [5.41, 5.74) is 5.36. The van der Waals surface area contributed by atoms with Gasteiger partial charge < -0.3 is 0 Å². The van der Waals surface area contributed by atoms with Crippen LogP contribution in [-0.4, -0.2) is 0 Å². The molecule has 1 rings (SSSR count). The number of rotatable bonds is 3. The van der Waals surface area contributed by atoms with Gasteiger partial charge in [0.2, 0.25) is 0 Å². The average Bonchev–Trinajstić information content (AvgIpc) is 2.54. The maximum Gasteiger partial charge on any atom is 0.0368 e. The molecule has 0 radical (unpaired) electrons. The van der Waals surface area contributed by atoms with Crippen LogP contribution < -0.4 is 0 Å². The number of allylic oxidation sites excluding steroid dienone is 1. The van der Waals surface area contributed by atoms with Gasteiger partial charge in [0.25, 0.3) is 0 Å². The first-order valence-corrected chi connectivity index (χ1v) is 5.50. The van der Waals surface area contributed by atoms with Gasteiger partial charge in [0, 0.05) is 4.48 Å². The normalized spacial score (nSPS) is 18.8. The van der Waals surface area contributed by atoms with Gasteiger partial charge in [-0.1, -0.05) is 27.2 Å². The zero-order chi connectivity index (χ0) is 9.19. The zero-order valence-corrected chi connectivity index (χ0v) is 9.79. The van der Waals surface area contributed by atoms with Crippen molar-refractivity contribution in [1.29, 1.82) is 0 Å². The van der Waals surface area contributed by atoms with Gasteiger partial charge in [0.1, 0.15) is 0 Å². The number of hydrogen-bond acceptors (Lipinski definition) is 0. The van der Waals surface area contributed by atoms with Crippen LogP contribution in [0.5, 0.6) is 0 Å².